The highest BCUT2D eigenvalue weighted by atomic mass is 35.5. The van der Waals surface area contributed by atoms with E-state index in [-0.39, 0.29) is 28.0 Å². The SMILES string of the molecule is OC1CCCc2c(Oc3cccc(-c4c5cccc(C(F)(F)F)c5nn4Cc4ccc(Cl)cc4F)c3)cccc21. The van der Waals surface area contributed by atoms with E-state index in [0.29, 0.717) is 29.2 Å². The minimum Gasteiger partial charge on any atom is -0.457 e. The first-order valence-corrected chi connectivity index (χ1v) is 13.2. The molecular formula is C31H23ClF4N2O2. The number of alkyl halides is 3. The molecule has 0 amide bonds. The van der Waals surface area contributed by atoms with Crippen LogP contribution in [0.4, 0.5) is 17.6 Å². The molecule has 4 aromatic carbocycles. The quantitative estimate of drug-likeness (QED) is 0.216. The molecule has 1 heterocycles. The van der Waals surface area contributed by atoms with Crippen molar-refractivity contribution in [1.82, 2.24) is 9.78 Å². The monoisotopic (exact) mass is 566 g/mol. The van der Waals surface area contributed by atoms with Crippen molar-refractivity contribution >= 4 is 22.5 Å². The van der Waals surface area contributed by atoms with Crippen LogP contribution in [0.5, 0.6) is 11.5 Å². The summed E-state index contributed by atoms with van der Waals surface area (Å²) in [6.45, 7) is -0.112. The van der Waals surface area contributed by atoms with Gasteiger partial charge in [-0.1, -0.05) is 54.1 Å². The van der Waals surface area contributed by atoms with Crippen LogP contribution in [0.1, 0.15) is 41.2 Å². The number of hydrogen-bond acceptors (Lipinski definition) is 3. The summed E-state index contributed by atoms with van der Waals surface area (Å²) in [5.41, 5.74) is 1.86. The molecule has 0 aliphatic heterocycles. The van der Waals surface area contributed by atoms with Crippen molar-refractivity contribution in [3.05, 3.63) is 112 Å². The molecule has 1 unspecified atom stereocenters. The van der Waals surface area contributed by atoms with Crippen LogP contribution in [0.3, 0.4) is 0 Å². The van der Waals surface area contributed by atoms with Gasteiger partial charge in [0.15, 0.2) is 0 Å². The van der Waals surface area contributed by atoms with Gasteiger partial charge in [0, 0.05) is 27.1 Å². The molecule has 1 atom stereocenters. The molecule has 0 bridgehead atoms. The van der Waals surface area contributed by atoms with Crippen molar-refractivity contribution in [2.24, 2.45) is 0 Å². The Morgan fingerprint density at radius 3 is 2.60 bits per heavy atom. The lowest BCUT2D eigenvalue weighted by Crippen LogP contribution is -2.10. The summed E-state index contributed by atoms with van der Waals surface area (Å²) in [5.74, 6) is 0.507. The molecule has 1 aromatic heterocycles. The van der Waals surface area contributed by atoms with E-state index in [2.05, 4.69) is 5.10 Å². The number of fused-ring (bicyclic) bond motifs is 2. The minimum atomic E-state index is -4.62. The Labute approximate surface area is 232 Å². The first kappa shape index (κ1) is 26.3. The van der Waals surface area contributed by atoms with Gasteiger partial charge in [0.2, 0.25) is 0 Å². The number of benzene rings is 4. The van der Waals surface area contributed by atoms with Gasteiger partial charge in [-0.05, 0) is 61.2 Å². The fourth-order valence-electron chi connectivity index (χ4n) is 5.33. The van der Waals surface area contributed by atoms with Crippen LogP contribution in [-0.4, -0.2) is 14.9 Å². The number of halogens is 5. The van der Waals surface area contributed by atoms with Gasteiger partial charge in [0.05, 0.1) is 23.9 Å². The highest BCUT2D eigenvalue weighted by molar-refractivity contribution is 6.30. The standard InChI is InChI=1S/C31H23ClF4N2O2/c32-20-14-13-19(26(33)16-20)17-38-30(24-9-2-10-25(29(24)37-38)31(34,35)36)18-5-1-6-21(15-18)40-28-12-4-7-22-23(28)8-3-11-27(22)39/h1-2,4-7,9-10,12-16,27,39H,3,8,11,17H2. The summed E-state index contributed by atoms with van der Waals surface area (Å²) in [6.07, 6.45) is -2.87. The summed E-state index contributed by atoms with van der Waals surface area (Å²) in [4.78, 5) is 0. The van der Waals surface area contributed by atoms with Crippen molar-refractivity contribution in [2.75, 3.05) is 0 Å². The van der Waals surface area contributed by atoms with Gasteiger partial charge < -0.3 is 9.84 Å². The number of nitrogens with zero attached hydrogens (tertiary/aromatic N) is 2. The maximum atomic E-state index is 14.7. The van der Waals surface area contributed by atoms with Gasteiger partial charge in [0.1, 0.15) is 22.8 Å². The second-order valence-corrected chi connectivity index (χ2v) is 10.2. The molecule has 204 valence electrons. The van der Waals surface area contributed by atoms with Crippen molar-refractivity contribution < 1.29 is 27.4 Å². The van der Waals surface area contributed by atoms with Crippen molar-refractivity contribution in [3.63, 3.8) is 0 Å². The molecule has 5 aromatic rings. The number of ether oxygens (including phenoxy) is 1. The number of aromatic nitrogens is 2. The second kappa shape index (κ2) is 10.3. The summed E-state index contributed by atoms with van der Waals surface area (Å²) < 4.78 is 64.1. The van der Waals surface area contributed by atoms with E-state index in [0.717, 1.165) is 36.1 Å². The molecule has 40 heavy (non-hydrogen) atoms. The van der Waals surface area contributed by atoms with Crippen molar-refractivity contribution in [2.45, 2.75) is 38.1 Å². The molecule has 0 spiro atoms. The lowest BCUT2D eigenvalue weighted by atomic mass is 9.89. The molecule has 0 fully saturated rings. The molecule has 0 radical (unpaired) electrons. The Hall–Kier alpha value is -3.88. The molecule has 1 N–H and O–H groups in total. The number of hydrogen-bond donors (Lipinski definition) is 1. The van der Waals surface area contributed by atoms with Crippen molar-refractivity contribution in [1.29, 1.82) is 0 Å². The van der Waals surface area contributed by atoms with Gasteiger partial charge in [-0.25, -0.2) is 4.39 Å². The third-order valence-corrected chi connectivity index (χ3v) is 7.41. The zero-order valence-corrected chi connectivity index (χ0v) is 21.8. The molecule has 9 heteroatoms. The Bertz CT molecular complexity index is 1730. The van der Waals surface area contributed by atoms with Crippen LogP contribution in [0.15, 0.2) is 78.9 Å². The Kier molecular flexibility index (Phi) is 6.76. The molecule has 0 saturated carbocycles. The second-order valence-electron chi connectivity index (χ2n) is 9.80. The molecule has 1 aliphatic carbocycles. The fraction of sp³-hybridized carbons (Fsp3) is 0.194. The molecular weight excluding hydrogens is 544 g/mol. The Balaban J connectivity index is 1.47. The maximum Gasteiger partial charge on any atom is 0.418 e. The van der Waals surface area contributed by atoms with Crippen LogP contribution >= 0.6 is 11.6 Å². The third-order valence-electron chi connectivity index (χ3n) is 7.18. The van der Waals surface area contributed by atoms with Crippen molar-refractivity contribution in [3.8, 4) is 22.8 Å². The largest absolute Gasteiger partial charge is 0.457 e. The van der Waals surface area contributed by atoms with E-state index in [4.69, 9.17) is 16.3 Å². The summed E-state index contributed by atoms with van der Waals surface area (Å²) >= 11 is 5.90. The number of aliphatic hydroxyl groups excluding tert-OH is 1. The predicted octanol–water partition coefficient (Wildman–Crippen LogP) is 8.72. The van der Waals surface area contributed by atoms with Crippen LogP contribution < -0.4 is 4.74 Å². The average Bonchev–Trinajstić information content (AvgIpc) is 3.28. The van der Waals surface area contributed by atoms with Crippen LogP contribution in [0.2, 0.25) is 5.02 Å². The smallest absolute Gasteiger partial charge is 0.418 e. The molecule has 4 nitrogen and oxygen atoms in total. The third kappa shape index (κ3) is 4.93. The zero-order valence-electron chi connectivity index (χ0n) is 21.1. The fourth-order valence-corrected chi connectivity index (χ4v) is 5.49. The molecule has 1 aliphatic rings. The molecule has 6 rings (SSSR count). The summed E-state index contributed by atoms with van der Waals surface area (Å²) in [6, 6.07) is 20.6. The van der Waals surface area contributed by atoms with Gasteiger partial charge in [-0.3, -0.25) is 4.68 Å². The minimum absolute atomic E-state index is 0.112. The Morgan fingerprint density at radius 2 is 1.80 bits per heavy atom. The highest BCUT2D eigenvalue weighted by Gasteiger charge is 2.34. The van der Waals surface area contributed by atoms with E-state index in [9.17, 15) is 22.7 Å². The summed E-state index contributed by atoms with van der Waals surface area (Å²) in [5, 5.41) is 15.2. The lowest BCUT2D eigenvalue weighted by molar-refractivity contribution is -0.136. The topological polar surface area (TPSA) is 47.3 Å². The number of rotatable bonds is 5. The van der Waals surface area contributed by atoms with Crippen LogP contribution in [0, 0.1) is 5.82 Å². The maximum absolute atomic E-state index is 14.7. The van der Waals surface area contributed by atoms with E-state index in [1.807, 2.05) is 18.2 Å². The van der Waals surface area contributed by atoms with E-state index in [1.54, 1.807) is 30.3 Å². The number of aliphatic hydroxyl groups is 1. The van der Waals surface area contributed by atoms with Gasteiger partial charge in [-0.15, -0.1) is 0 Å². The summed E-state index contributed by atoms with van der Waals surface area (Å²) in [7, 11) is 0. The van der Waals surface area contributed by atoms with Gasteiger partial charge in [0.25, 0.3) is 0 Å². The lowest BCUT2D eigenvalue weighted by Gasteiger charge is -2.23. The first-order valence-electron chi connectivity index (χ1n) is 12.8. The average molecular weight is 567 g/mol. The van der Waals surface area contributed by atoms with Crippen LogP contribution in [-0.2, 0) is 19.1 Å². The normalized spacial score (nSPS) is 15.3. The van der Waals surface area contributed by atoms with E-state index in [1.165, 1.54) is 22.9 Å². The van der Waals surface area contributed by atoms with E-state index < -0.39 is 23.7 Å². The highest BCUT2D eigenvalue weighted by Crippen LogP contribution is 2.41. The van der Waals surface area contributed by atoms with E-state index >= 15 is 0 Å². The molecule has 0 saturated heterocycles. The first-order chi connectivity index (χ1) is 19.2. The van der Waals surface area contributed by atoms with Crippen LogP contribution in [0.25, 0.3) is 22.2 Å². The van der Waals surface area contributed by atoms with Gasteiger partial charge >= 0.3 is 6.18 Å². The zero-order chi connectivity index (χ0) is 28.0. The Morgan fingerprint density at radius 1 is 1.00 bits per heavy atom. The van der Waals surface area contributed by atoms with Gasteiger partial charge in [-0.2, -0.15) is 18.3 Å². The predicted molar refractivity (Wildman–Crippen MR) is 145 cm³/mol.